The van der Waals surface area contributed by atoms with E-state index >= 15 is 0 Å². The predicted molar refractivity (Wildman–Crippen MR) is 543 cm³/mol. The Hall–Kier alpha value is -13.4. The fraction of sp³-hybridized carbons (Fsp3) is 0.150. The third-order valence-electron chi connectivity index (χ3n) is 19.6. The summed E-state index contributed by atoms with van der Waals surface area (Å²) in [6, 6.07) is 75.9. The van der Waals surface area contributed by atoms with E-state index in [1.165, 1.54) is 18.2 Å². The second-order valence-corrected chi connectivity index (χ2v) is 32.1. The largest absolute Gasteiger partial charge is 0.497 e. The number of sulfonamides is 1. The molecule has 0 aromatic heterocycles. The van der Waals surface area contributed by atoms with Crippen LogP contribution in [0.25, 0.3) is 72.9 Å². The molecule has 1 amide bonds. The lowest BCUT2D eigenvalue weighted by Gasteiger charge is -2.15. The summed E-state index contributed by atoms with van der Waals surface area (Å²) in [5, 5.41) is 120. The number of methoxy groups -OCH3 is 6. The maximum absolute atomic E-state index is 11.5. The Labute approximate surface area is 780 Å². The highest BCUT2D eigenvalue weighted by atomic mass is 32.2. The first-order valence-corrected chi connectivity index (χ1v) is 43.3. The van der Waals surface area contributed by atoms with E-state index in [-0.39, 0.29) is 27.5 Å². The quantitative estimate of drug-likeness (QED) is 0.0142. The van der Waals surface area contributed by atoms with Crippen LogP contribution in [0, 0.1) is 0 Å². The van der Waals surface area contributed by atoms with E-state index < -0.39 is 58.6 Å². The van der Waals surface area contributed by atoms with E-state index in [0.717, 1.165) is 113 Å². The SMILES string of the molecule is CNc1cc(/C=C/c2ccc(OC)cc2)cc(B(O)O)c1.COc1ccc(/C=C/c2cc(B(O)O)cc(C(C)C)c2)cc1.COc1ccc(/C=C/c2cc(B(O)O)cc(C(N)=O)c2)cc1.COc1ccc(/C=C/c2cc(B(O)O)cc(N(C)C)c2)cc1.COc1ccc(/C=C/c2cc(B(O)O)cc(S(N)(=O)=O)c2)cc1.COc1ccc(/C=C/c2cc(OC(C)C)cc(B(O)O)c2)cc1. The molecule has 0 spiro atoms. The Bertz CT molecular complexity index is 5820. The zero-order valence-corrected chi connectivity index (χ0v) is 77.1. The second-order valence-electron chi connectivity index (χ2n) is 30.5. The normalized spacial score (nSPS) is 11.0. The Balaban J connectivity index is 0.000000218. The summed E-state index contributed by atoms with van der Waals surface area (Å²) in [5.74, 6) is 5.06. The molecule has 0 heterocycles. The first kappa shape index (κ1) is 107. The number of nitrogens with zero attached hydrogens (tertiary/aromatic N) is 1. The third-order valence-corrected chi connectivity index (χ3v) is 20.5. The summed E-state index contributed by atoms with van der Waals surface area (Å²) in [7, 11) is 2.01. The number of anilines is 2. The molecule has 0 saturated heterocycles. The van der Waals surface area contributed by atoms with Crippen LogP contribution in [0.5, 0.6) is 40.2 Å². The molecule has 133 heavy (non-hydrogen) atoms. The minimum Gasteiger partial charge on any atom is -0.497 e. The third kappa shape index (κ3) is 37.0. The van der Waals surface area contributed by atoms with Gasteiger partial charge in [-0.1, -0.05) is 208 Å². The molecule has 688 valence electrons. The molecule has 0 unspecified atom stereocenters. The van der Waals surface area contributed by atoms with E-state index in [1.807, 2.05) is 245 Å². The minimum atomic E-state index is -3.95. The molecule has 0 aliphatic heterocycles. The van der Waals surface area contributed by atoms with Gasteiger partial charge in [-0.25, -0.2) is 13.6 Å². The van der Waals surface area contributed by atoms with Crippen LogP contribution in [0.4, 0.5) is 11.4 Å². The highest BCUT2D eigenvalue weighted by molar-refractivity contribution is 7.89. The van der Waals surface area contributed by atoms with E-state index in [2.05, 4.69) is 25.2 Å². The van der Waals surface area contributed by atoms with Gasteiger partial charge in [0.1, 0.15) is 40.2 Å². The average Bonchev–Trinajstić information content (AvgIpc) is 0.819. The fourth-order valence-corrected chi connectivity index (χ4v) is 12.9. The summed E-state index contributed by atoms with van der Waals surface area (Å²) in [6.07, 6.45) is 22.7. The van der Waals surface area contributed by atoms with Crippen LogP contribution in [0.1, 0.15) is 116 Å². The van der Waals surface area contributed by atoms with Crippen molar-refractivity contribution in [3.8, 4) is 40.2 Å². The van der Waals surface area contributed by atoms with Gasteiger partial charge in [0.2, 0.25) is 15.9 Å². The molecular formula is C100H112B6N4O22S. The number of hydrogen-bond acceptors (Lipinski definition) is 24. The van der Waals surface area contributed by atoms with Crippen molar-refractivity contribution < 1.29 is 107 Å². The highest BCUT2D eigenvalue weighted by Crippen LogP contribution is 2.25. The van der Waals surface area contributed by atoms with Crippen LogP contribution in [-0.2, 0) is 10.0 Å². The van der Waals surface area contributed by atoms with Gasteiger partial charge in [0.25, 0.3) is 0 Å². The average molecular weight is 1820 g/mol. The van der Waals surface area contributed by atoms with Gasteiger partial charge in [-0.15, -0.1) is 0 Å². The Morgan fingerprint density at radius 1 is 0.323 bits per heavy atom. The molecule has 0 saturated carbocycles. The molecule has 0 aliphatic carbocycles. The van der Waals surface area contributed by atoms with Crippen molar-refractivity contribution in [1.29, 1.82) is 0 Å². The van der Waals surface area contributed by atoms with E-state index in [4.69, 9.17) is 44.0 Å². The van der Waals surface area contributed by atoms with Crippen molar-refractivity contribution in [2.45, 2.75) is 44.6 Å². The lowest BCUT2D eigenvalue weighted by Crippen LogP contribution is -2.31. The Morgan fingerprint density at radius 3 is 0.872 bits per heavy atom. The number of primary amides is 1. The number of hydrogen-bond donors (Lipinski definition) is 15. The number of ether oxygens (including phenoxy) is 7. The van der Waals surface area contributed by atoms with E-state index in [1.54, 1.807) is 135 Å². The van der Waals surface area contributed by atoms with Crippen LogP contribution < -0.4 is 87.0 Å². The molecule has 0 aliphatic rings. The van der Waals surface area contributed by atoms with Crippen molar-refractivity contribution in [3.63, 3.8) is 0 Å². The van der Waals surface area contributed by atoms with Gasteiger partial charge in [0.15, 0.2) is 0 Å². The number of carbonyl (C=O) groups excluding carboxylic acids is 1. The summed E-state index contributed by atoms with van der Waals surface area (Å²) >= 11 is 0. The van der Waals surface area contributed by atoms with Crippen molar-refractivity contribution in [2.24, 2.45) is 10.9 Å². The second kappa shape index (κ2) is 53.8. The van der Waals surface area contributed by atoms with Crippen LogP contribution in [0.15, 0.2) is 260 Å². The molecule has 0 bridgehead atoms. The number of nitrogens with two attached hydrogens (primary N) is 2. The monoisotopic (exact) mass is 1820 g/mol. The first-order valence-electron chi connectivity index (χ1n) is 41.7. The topological polar surface area (TPSA) is 426 Å². The van der Waals surface area contributed by atoms with E-state index in [0.29, 0.717) is 44.6 Å². The molecule has 33 heteroatoms. The number of amides is 1. The van der Waals surface area contributed by atoms with Crippen LogP contribution in [-0.4, -0.2) is 187 Å². The summed E-state index contributed by atoms with van der Waals surface area (Å²) in [5.41, 5.74) is 21.1. The van der Waals surface area contributed by atoms with E-state index in [9.17, 15) is 73.5 Å². The summed E-state index contributed by atoms with van der Waals surface area (Å²) < 4.78 is 59.3. The predicted octanol–water partition coefficient (Wildman–Crippen LogP) is 9.04. The van der Waals surface area contributed by atoms with Crippen molar-refractivity contribution in [1.82, 2.24) is 0 Å². The van der Waals surface area contributed by atoms with Crippen molar-refractivity contribution in [3.05, 3.63) is 333 Å². The molecule has 17 N–H and O–H groups in total. The fourth-order valence-electron chi connectivity index (χ4n) is 12.3. The molecule has 0 radical (unpaired) electrons. The van der Waals surface area contributed by atoms with Gasteiger partial charge >= 0.3 is 42.7 Å². The van der Waals surface area contributed by atoms with Gasteiger partial charge in [0.05, 0.1) is 53.7 Å². The number of primary sulfonamides is 1. The molecule has 0 atom stereocenters. The number of benzene rings is 12. The Morgan fingerprint density at radius 2 is 0.586 bits per heavy atom. The van der Waals surface area contributed by atoms with Gasteiger partial charge in [-0.2, -0.15) is 0 Å². The zero-order valence-electron chi connectivity index (χ0n) is 76.3. The lowest BCUT2D eigenvalue weighted by atomic mass is 9.77. The van der Waals surface area contributed by atoms with Crippen LogP contribution in [0.3, 0.4) is 0 Å². The van der Waals surface area contributed by atoms with Crippen molar-refractivity contribution >= 4 is 176 Å². The summed E-state index contributed by atoms with van der Waals surface area (Å²) in [4.78, 5) is 13.0. The summed E-state index contributed by atoms with van der Waals surface area (Å²) in [6.45, 7) is 8.02. The number of rotatable bonds is 31. The number of nitrogens with one attached hydrogen (secondary N) is 1. The molecular weight excluding hydrogens is 1710 g/mol. The molecule has 12 rings (SSSR count). The molecule has 12 aromatic carbocycles. The number of carbonyl (C=O) groups is 1. The smallest absolute Gasteiger partial charge is 0.488 e. The molecule has 26 nitrogen and oxygen atoms in total. The van der Waals surface area contributed by atoms with Crippen molar-refractivity contribution in [2.75, 3.05) is 74.0 Å². The Kier molecular flexibility index (Phi) is 43.1. The van der Waals surface area contributed by atoms with Gasteiger partial charge in [-0.3, -0.25) is 4.79 Å². The maximum atomic E-state index is 11.5. The lowest BCUT2D eigenvalue weighted by molar-refractivity contribution is 0.1000. The standard InChI is InChI=1S/C18H21BO4.C18H21BO3.C17H20BNO3.C16H16BNO4.C16H18BNO3.C15H16BNO5S/c1-13(2)23-18-11-15(10-16(12-18)19(20)21)5-4-14-6-8-17(22-3)9-7-14;1-13(2)16-10-15(11-17(12-16)19(20)21)5-4-14-6-8-18(22-3)9-7-14;1-19(2)16-11-14(10-15(12-16)18(20)21)5-4-13-6-8-17(22-3)9-7-13;1-22-15-6-4-11(5-7-15)2-3-12-8-13(16(18)19)10-14(9-12)17(20)21;1-18-15-10-13(9-14(11-15)17(19)20)4-3-12-5-7-16(21-2)8-6-12;1-22-14-6-4-11(5-7-14)2-3-12-8-13(16(18)19)10-15(9-12)23(17,20)21/h4-13,20-21H,1-3H3;4-13,20-21H,1-3H3;4-12,20-21H,1-3H3;2-10,20-21H,1H3,(H2,18,19);3-11,18-20H,1-2H3;2-10,18-19H,1H3,(H2,17,20,21)/b3*5-4+;3-2+;4-3+;3-2+. The van der Waals surface area contributed by atoms with Gasteiger partial charge in [0, 0.05) is 38.1 Å². The minimum absolute atomic E-state index is 0.0134. The maximum Gasteiger partial charge on any atom is 0.488 e. The van der Waals surface area contributed by atoms with Crippen LogP contribution in [0.2, 0.25) is 0 Å². The van der Waals surface area contributed by atoms with Crippen LogP contribution >= 0.6 is 0 Å². The first-order chi connectivity index (χ1) is 63.4. The van der Waals surface area contributed by atoms with Gasteiger partial charge < -0.3 is 109 Å². The highest BCUT2D eigenvalue weighted by Gasteiger charge is 2.21. The zero-order chi connectivity index (χ0) is 97.4. The van der Waals surface area contributed by atoms with Gasteiger partial charge in [-0.05, 0) is 258 Å². The molecule has 12 aromatic rings. The molecule has 0 fully saturated rings.